The third-order valence-electron chi connectivity index (χ3n) is 4.84. The van der Waals surface area contributed by atoms with E-state index in [-0.39, 0.29) is 12.4 Å². The molecule has 2 aliphatic rings. The number of piperazine rings is 1. The number of aliphatic hydroxyl groups excluding tert-OH is 1. The second-order valence-corrected chi connectivity index (χ2v) is 6.95. The van der Waals surface area contributed by atoms with Crippen molar-refractivity contribution < 1.29 is 9.50 Å². The van der Waals surface area contributed by atoms with Gasteiger partial charge in [0.25, 0.3) is 0 Å². The molecule has 3 N–H and O–H groups in total. The Labute approximate surface area is 158 Å². The summed E-state index contributed by atoms with van der Waals surface area (Å²) in [4.78, 5) is 13.7. The van der Waals surface area contributed by atoms with E-state index in [0.29, 0.717) is 18.5 Å². The van der Waals surface area contributed by atoms with Crippen LogP contribution in [0.5, 0.6) is 0 Å². The SMILES string of the molecule is OCCNc1cc(N2CCN(c3ccc(F)cc3)CC2)nc(NC2CC2)n1. The van der Waals surface area contributed by atoms with E-state index >= 15 is 0 Å². The lowest BCUT2D eigenvalue weighted by molar-refractivity contribution is 0.311. The van der Waals surface area contributed by atoms with E-state index in [9.17, 15) is 4.39 Å². The van der Waals surface area contributed by atoms with E-state index in [4.69, 9.17) is 5.11 Å². The first-order chi connectivity index (χ1) is 13.2. The van der Waals surface area contributed by atoms with Crippen LogP contribution in [0.4, 0.5) is 27.7 Å². The van der Waals surface area contributed by atoms with Gasteiger partial charge in [-0.1, -0.05) is 0 Å². The summed E-state index contributed by atoms with van der Waals surface area (Å²) in [5.74, 6) is 2.03. The lowest BCUT2D eigenvalue weighted by atomic mass is 10.2. The predicted octanol–water partition coefficient (Wildman–Crippen LogP) is 1.92. The van der Waals surface area contributed by atoms with Crippen molar-refractivity contribution in [3.63, 3.8) is 0 Å². The smallest absolute Gasteiger partial charge is 0.226 e. The summed E-state index contributed by atoms with van der Waals surface area (Å²) in [6.45, 7) is 3.87. The van der Waals surface area contributed by atoms with Crippen molar-refractivity contribution in [3.05, 3.63) is 36.1 Å². The molecule has 2 fully saturated rings. The second kappa shape index (κ2) is 7.96. The number of nitrogens with one attached hydrogen (secondary N) is 2. The maximum absolute atomic E-state index is 13.1. The number of hydrogen-bond donors (Lipinski definition) is 3. The molecule has 7 nitrogen and oxygen atoms in total. The number of rotatable bonds is 7. The average Bonchev–Trinajstić information content (AvgIpc) is 3.51. The minimum atomic E-state index is -0.211. The van der Waals surface area contributed by atoms with Crippen LogP contribution in [0, 0.1) is 5.82 Å². The van der Waals surface area contributed by atoms with Crippen LogP contribution in [0.15, 0.2) is 30.3 Å². The monoisotopic (exact) mass is 372 g/mol. The molecule has 2 aromatic rings. The van der Waals surface area contributed by atoms with Crippen LogP contribution in [0.2, 0.25) is 0 Å². The minimum absolute atomic E-state index is 0.0566. The van der Waals surface area contributed by atoms with E-state index in [2.05, 4.69) is 30.4 Å². The summed E-state index contributed by atoms with van der Waals surface area (Å²) in [7, 11) is 0. The van der Waals surface area contributed by atoms with Gasteiger partial charge in [0.15, 0.2) is 0 Å². The van der Waals surface area contributed by atoms with Crippen LogP contribution < -0.4 is 20.4 Å². The zero-order chi connectivity index (χ0) is 18.6. The Hall–Kier alpha value is -2.61. The Bertz CT molecular complexity index is 759. The molecule has 0 bridgehead atoms. The first kappa shape index (κ1) is 17.8. The lowest BCUT2D eigenvalue weighted by Gasteiger charge is -2.36. The van der Waals surface area contributed by atoms with Crippen LogP contribution in [0.1, 0.15) is 12.8 Å². The molecule has 1 aliphatic heterocycles. The molecule has 1 saturated carbocycles. The number of nitrogens with zero attached hydrogens (tertiary/aromatic N) is 4. The zero-order valence-electron chi connectivity index (χ0n) is 15.2. The highest BCUT2D eigenvalue weighted by molar-refractivity contribution is 5.56. The Morgan fingerprint density at radius 1 is 1.04 bits per heavy atom. The standard InChI is InChI=1S/C19H25FN6O/c20-14-1-5-16(6-2-14)25-8-10-26(11-9-25)18-13-17(21-7-12-27)23-19(24-18)22-15-3-4-15/h1-2,5-6,13,15,27H,3-4,7-12H2,(H2,21,22,23,24). The van der Waals surface area contributed by atoms with Gasteiger partial charge in [0, 0.05) is 50.5 Å². The lowest BCUT2D eigenvalue weighted by Crippen LogP contribution is -2.47. The Balaban J connectivity index is 1.45. The summed E-state index contributed by atoms with van der Waals surface area (Å²) >= 11 is 0. The van der Waals surface area contributed by atoms with Gasteiger partial charge >= 0.3 is 0 Å². The van der Waals surface area contributed by atoms with Crippen LogP contribution in [-0.2, 0) is 0 Å². The molecule has 0 radical (unpaired) electrons. The first-order valence-electron chi connectivity index (χ1n) is 9.47. The Morgan fingerprint density at radius 2 is 1.74 bits per heavy atom. The van der Waals surface area contributed by atoms with Gasteiger partial charge in [-0.3, -0.25) is 0 Å². The van der Waals surface area contributed by atoms with E-state index in [1.54, 1.807) is 0 Å². The highest BCUT2D eigenvalue weighted by atomic mass is 19.1. The van der Waals surface area contributed by atoms with Gasteiger partial charge < -0.3 is 25.5 Å². The number of anilines is 4. The molecule has 27 heavy (non-hydrogen) atoms. The quantitative estimate of drug-likeness (QED) is 0.685. The number of aromatic nitrogens is 2. The van der Waals surface area contributed by atoms with Crippen LogP contribution >= 0.6 is 0 Å². The van der Waals surface area contributed by atoms with Crippen molar-refractivity contribution in [2.75, 3.05) is 59.8 Å². The van der Waals surface area contributed by atoms with Crippen LogP contribution in [-0.4, -0.2) is 60.4 Å². The summed E-state index contributed by atoms with van der Waals surface area (Å²) in [6, 6.07) is 9.05. The van der Waals surface area contributed by atoms with E-state index < -0.39 is 0 Å². The maximum atomic E-state index is 13.1. The van der Waals surface area contributed by atoms with Crippen molar-refractivity contribution in [1.82, 2.24) is 9.97 Å². The van der Waals surface area contributed by atoms with Gasteiger partial charge in [0.2, 0.25) is 5.95 Å². The summed E-state index contributed by atoms with van der Waals surface area (Å²) < 4.78 is 13.1. The number of aliphatic hydroxyl groups is 1. The fourth-order valence-corrected chi connectivity index (χ4v) is 3.19. The molecule has 1 aromatic carbocycles. The highest BCUT2D eigenvalue weighted by Gasteiger charge is 2.24. The van der Waals surface area contributed by atoms with Gasteiger partial charge in [-0.2, -0.15) is 9.97 Å². The van der Waals surface area contributed by atoms with Gasteiger partial charge in [-0.15, -0.1) is 0 Å². The first-order valence-corrected chi connectivity index (χ1v) is 9.47. The van der Waals surface area contributed by atoms with Gasteiger partial charge in [0.1, 0.15) is 17.5 Å². The molecule has 4 rings (SSSR count). The molecule has 1 aromatic heterocycles. The molecule has 144 valence electrons. The van der Waals surface area contributed by atoms with Crippen molar-refractivity contribution in [2.24, 2.45) is 0 Å². The number of hydrogen-bond acceptors (Lipinski definition) is 7. The van der Waals surface area contributed by atoms with Crippen LogP contribution in [0.3, 0.4) is 0 Å². The summed E-state index contributed by atoms with van der Waals surface area (Å²) in [6.07, 6.45) is 2.31. The molecule has 0 unspecified atom stereocenters. The Morgan fingerprint density at radius 3 is 2.41 bits per heavy atom. The fourth-order valence-electron chi connectivity index (χ4n) is 3.19. The van der Waals surface area contributed by atoms with Gasteiger partial charge in [0.05, 0.1) is 6.61 Å². The number of benzene rings is 1. The molecular formula is C19H25FN6O. The maximum Gasteiger partial charge on any atom is 0.226 e. The number of halogens is 1. The molecule has 0 spiro atoms. The molecule has 8 heteroatoms. The molecular weight excluding hydrogens is 347 g/mol. The van der Waals surface area contributed by atoms with Gasteiger partial charge in [-0.25, -0.2) is 4.39 Å². The summed E-state index contributed by atoms with van der Waals surface area (Å²) in [5, 5.41) is 15.6. The minimum Gasteiger partial charge on any atom is -0.395 e. The van der Waals surface area contributed by atoms with E-state index in [0.717, 1.165) is 56.3 Å². The average molecular weight is 372 g/mol. The van der Waals surface area contributed by atoms with Crippen LogP contribution in [0.25, 0.3) is 0 Å². The fraction of sp³-hybridized carbons (Fsp3) is 0.474. The van der Waals surface area contributed by atoms with Crippen molar-refractivity contribution >= 4 is 23.3 Å². The highest BCUT2D eigenvalue weighted by Crippen LogP contribution is 2.26. The largest absolute Gasteiger partial charge is 0.395 e. The van der Waals surface area contributed by atoms with Crippen molar-refractivity contribution in [1.29, 1.82) is 0 Å². The molecule has 1 saturated heterocycles. The zero-order valence-corrected chi connectivity index (χ0v) is 15.2. The normalized spacial score (nSPS) is 17.1. The molecule has 1 aliphatic carbocycles. The van der Waals surface area contributed by atoms with Crippen molar-refractivity contribution in [3.8, 4) is 0 Å². The topological polar surface area (TPSA) is 76.6 Å². The third kappa shape index (κ3) is 4.57. The van der Waals surface area contributed by atoms with E-state index in [1.165, 1.54) is 12.1 Å². The summed E-state index contributed by atoms with van der Waals surface area (Å²) in [5.41, 5.74) is 1.04. The van der Waals surface area contributed by atoms with Crippen molar-refractivity contribution in [2.45, 2.75) is 18.9 Å². The predicted molar refractivity (Wildman–Crippen MR) is 105 cm³/mol. The second-order valence-electron chi connectivity index (χ2n) is 6.95. The molecule has 0 atom stereocenters. The molecule has 0 amide bonds. The van der Waals surface area contributed by atoms with E-state index in [1.807, 2.05) is 18.2 Å². The third-order valence-corrected chi connectivity index (χ3v) is 4.84. The molecule has 2 heterocycles. The Kier molecular flexibility index (Phi) is 5.24. The van der Waals surface area contributed by atoms with Gasteiger partial charge in [-0.05, 0) is 37.1 Å².